The van der Waals surface area contributed by atoms with Crippen LogP contribution in [-0.2, 0) is 27.5 Å². The van der Waals surface area contributed by atoms with E-state index >= 15 is 0 Å². The zero-order chi connectivity index (χ0) is 26.1. The minimum Gasteiger partial charge on any atom is -0.351 e. The molecule has 190 valence electrons. The quantitative estimate of drug-likeness (QED) is 0.492. The van der Waals surface area contributed by atoms with E-state index in [2.05, 4.69) is 15.3 Å². The number of halogens is 5. The van der Waals surface area contributed by atoms with Crippen LogP contribution in [0.25, 0.3) is 11.3 Å². The number of aromatic nitrogens is 2. The lowest BCUT2D eigenvalue weighted by molar-refractivity contribution is -0.141. The normalized spacial score (nSPS) is 16.8. The molecule has 1 fully saturated rings. The smallest absolute Gasteiger partial charge is 0.351 e. The predicted octanol–water partition coefficient (Wildman–Crippen LogP) is 3.91. The molecular weight excluding hydrogens is 507 g/mol. The Morgan fingerprint density at radius 2 is 1.75 bits per heavy atom. The summed E-state index contributed by atoms with van der Waals surface area (Å²) in [4.78, 5) is 19.7. The first kappa shape index (κ1) is 25.6. The molecule has 0 bridgehead atoms. The number of carbonyl (C=O) groups excluding carboxylic acids is 1. The zero-order valence-electron chi connectivity index (χ0n) is 18.5. The molecule has 1 atom stereocenters. The van der Waals surface area contributed by atoms with Crippen LogP contribution in [0.4, 0.5) is 22.0 Å². The summed E-state index contributed by atoms with van der Waals surface area (Å²) < 4.78 is 92.5. The van der Waals surface area contributed by atoms with E-state index in [1.165, 1.54) is 6.07 Å². The lowest BCUT2D eigenvalue weighted by Gasteiger charge is -2.23. The van der Waals surface area contributed by atoms with E-state index in [1.807, 2.05) is 0 Å². The third-order valence-electron chi connectivity index (χ3n) is 5.59. The van der Waals surface area contributed by atoms with Crippen LogP contribution in [0.3, 0.4) is 0 Å². The summed E-state index contributed by atoms with van der Waals surface area (Å²) in [6.45, 7) is -0.0624. The molecule has 1 unspecified atom stereocenters. The van der Waals surface area contributed by atoms with Gasteiger partial charge in [-0.25, -0.2) is 22.2 Å². The van der Waals surface area contributed by atoms with E-state index in [4.69, 9.17) is 0 Å². The molecular formula is C23H19F5N4O3S. The molecule has 1 aliphatic rings. The number of nitrogens with zero attached hydrogens (tertiary/aromatic N) is 3. The van der Waals surface area contributed by atoms with Crippen molar-refractivity contribution in [3.63, 3.8) is 0 Å². The first-order chi connectivity index (χ1) is 16.9. The van der Waals surface area contributed by atoms with E-state index in [-0.39, 0.29) is 41.2 Å². The Morgan fingerprint density at radius 3 is 2.39 bits per heavy atom. The number of amides is 1. The Kier molecular flexibility index (Phi) is 7.05. The van der Waals surface area contributed by atoms with Crippen molar-refractivity contribution in [1.82, 2.24) is 19.6 Å². The van der Waals surface area contributed by atoms with Gasteiger partial charge in [-0.05, 0) is 60.9 Å². The lowest BCUT2D eigenvalue weighted by Crippen LogP contribution is -2.45. The maximum Gasteiger partial charge on any atom is 0.434 e. The molecule has 0 aliphatic carbocycles. The van der Waals surface area contributed by atoms with Crippen molar-refractivity contribution in [2.75, 3.05) is 6.54 Å². The van der Waals surface area contributed by atoms with E-state index in [1.54, 1.807) is 0 Å². The molecule has 0 spiro atoms. The van der Waals surface area contributed by atoms with Crippen molar-refractivity contribution in [3.05, 3.63) is 77.8 Å². The number of carbonyl (C=O) groups is 1. The molecule has 2 heterocycles. The van der Waals surface area contributed by atoms with Crippen LogP contribution in [0.5, 0.6) is 0 Å². The number of rotatable bonds is 6. The molecule has 1 aromatic heterocycles. The van der Waals surface area contributed by atoms with Crippen LogP contribution in [0, 0.1) is 11.6 Å². The SMILES string of the molecule is O=C(NCc1cc(F)cc(-c2cnc(C(F)(F)F)cn2)c1)C1CCCN1S(=O)(=O)c1ccc(F)cc1. The number of sulfonamides is 1. The van der Waals surface area contributed by atoms with Crippen molar-refractivity contribution in [2.45, 2.75) is 36.5 Å². The van der Waals surface area contributed by atoms with Gasteiger partial charge in [0.2, 0.25) is 15.9 Å². The highest BCUT2D eigenvalue weighted by Gasteiger charge is 2.39. The average Bonchev–Trinajstić information content (AvgIpc) is 3.33. The molecule has 36 heavy (non-hydrogen) atoms. The van der Waals surface area contributed by atoms with Gasteiger partial charge in [0.25, 0.3) is 0 Å². The first-order valence-electron chi connectivity index (χ1n) is 10.7. The second-order valence-electron chi connectivity index (χ2n) is 8.08. The third-order valence-corrected chi connectivity index (χ3v) is 7.51. The molecule has 1 N–H and O–H groups in total. The van der Waals surface area contributed by atoms with Gasteiger partial charge in [-0.1, -0.05) is 0 Å². The van der Waals surface area contributed by atoms with Crippen LogP contribution in [0.1, 0.15) is 24.1 Å². The van der Waals surface area contributed by atoms with Crippen LogP contribution in [0.2, 0.25) is 0 Å². The highest BCUT2D eigenvalue weighted by molar-refractivity contribution is 7.89. The van der Waals surface area contributed by atoms with E-state index < -0.39 is 45.5 Å². The van der Waals surface area contributed by atoms with Gasteiger partial charge in [-0.3, -0.25) is 9.78 Å². The van der Waals surface area contributed by atoms with E-state index in [0.29, 0.717) is 12.6 Å². The maximum absolute atomic E-state index is 14.2. The Morgan fingerprint density at radius 1 is 1.03 bits per heavy atom. The molecule has 2 aromatic carbocycles. The summed E-state index contributed by atoms with van der Waals surface area (Å²) in [5, 5.41) is 2.58. The van der Waals surface area contributed by atoms with Gasteiger partial charge in [0.1, 0.15) is 17.7 Å². The van der Waals surface area contributed by atoms with Gasteiger partial charge >= 0.3 is 6.18 Å². The number of hydrogen-bond acceptors (Lipinski definition) is 5. The van der Waals surface area contributed by atoms with Gasteiger partial charge in [-0.15, -0.1) is 0 Å². The number of alkyl halides is 3. The Hall–Kier alpha value is -3.45. The minimum atomic E-state index is -4.67. The fourth-order valence-electron chi connectivity index (χ4n) is 3.86. The summed E-state index contributed by atoms with van der Waals surface area (Å²) in [5.41, 5.74) is -0.748. The van der Waals surface area contributed by atoms with Crippen LogP contribution in [0.15, 0.2) is 59.8 Å². The van der Waals surface area contributed by atoms with Crippen molar-refractivity contribution < 1.29 is 35.2 Å². The monoisotopic (exact) mass is 526 g/mol. The van der Waals surface area contributed by atoms with Crippen molar-refractivity contribution in [1.29, 1.82) is 0 Å². The topological polar surface area (TPSA) is 92.3 Å². The molecule has 0 saturated carbocycles. The summed E-state index contributed by atoms with van der Waals surface area (Å²) >= 11 is 0. The molecule has 4 rings (SSSR count). The standard InChI is InChI=1S/C23H19F5N4O3S/c24-16-3-5-18(6-4-16)36(34,35)32-7-1-2-20(32)22(33)31-11-14-8-15(10-17(25)9-14)19-12-30-21(13-29-19)23(26,27)28/h3-6,8-10,12-13,20H,1-2,7,11H2,(H,31,33). The van der Waals surface area contributed by atoms with Gasteiger partial charge in [0.05, 0.1) is 23.0 Å². The number of hydrogen-bond donors (Lipinski definition) is 1. The number of nitrogens with one attached hydrogen (secondary N) is 1. The zero-order valence-corrected chi connectivity index (χ0v) is 19.3. The van der Waals surface area contributed by atoms with Gasteiger partial charge in [-0.2, -0.15) is 17.5 Å². The van der Waals surface area contributed by atoms with Gasteiger partial charge in [0, 0.05) is 18.7 Å². The highest BCUT2D eigenvalue weighted by atomic mass is 32.2. The van der Waals surface area contributed by atoms with Gasteiger partial charge in [0.15, 0.2) is 5.69 Å². The second kappa shape index (κ2) is 9.90. The summed E-state index contributed by atoms with van der Waals surface area (Å²) in [6, 6.07) is 6.89. The Bertz CT molecular complexity index is 1360. The molecule has 13 heteroatoms. The van der Waals surface area contributed by atoms with Crippen LogP contribution < -0.4 is 5.32 Å². The molecule has 3 aromatic rings. The number of benzene rings is 2. The molecule has 0 radical (unpaired) electrons. The van der Waals surface area contributed by atoms with Crippen molar-refractivity contribution in [3.8, 4) is 11.3 Å². The van der Waals surface area contributed by atoms with E-state index in [0.717, 1.165) is 46.9 Å². The first-order valence-corrected chi connectivity index (χ1v) is 12.1. The fraction of sp³-hybridized carbons (Fsp3) is 0.261. The third kappa shape index (κ3) is 5.51. The molecule has 1 amide bonds. The van der Waals surface area contributed by atoms with Crippen LogP contribution >= 0.6 is 0 Å². The fourth-order valence-corrected chi connectivity index (χ4v) is 5.52. The molecule has 1 saturated heterocycles. The largest absolute Gasteiger partial charge is 0.434 e. The summed E-state index contributed by atoms with van der Waals surface area (Å²) in [5.74, 6) is -1.90. The summed E-state index contributed by atoms with van der Waals surface area (Å²) in [7, 11) is -4.05. The molecule has 1 aliphatic heterocycles. The maximum atomic E-state index is 14.2. The Labute approximate surface area is 203 Å². The molecule has 7 nitrogen and oxygen atoms in total. The minimum absolute atomic E-state index is 0.00226. The highest BCUT2D eigenvalue weighted by Crippen LogP contribution is 2.29. The predicted molar refractivity (Wildman–Crippen MR) is 118 cm³/mol. The second-order valence-corrected chi connectivity index (χ2v) is 9.97. The van der Waals surface area contributed by atoms with Crippen molar-refractivity contribution in [2.24, 2.45) is 0 Å². The van der Waals surface area contributed by atoms with Crippen LogP contribution in [-0.4, -0.2) is 41.2 Å². The van der Waals surface area contributed by atoms with E-state index in [9.17, 15) is 35.2 Å². The van der Waals surface area contributed by atoms with Gasteiger partial charge < -0.3 is 5.32 Å². The Balaban J connectivity index is 1.48. The summed E-state index contributed by atoms with van der Waals surface area (Å²) in [6.07, 6.45) is -2.55. The van der Waals surface area contributed by atoms with Crippen molar-refractivity contribution >= 4 is 15.9 Å². The average molecular weight is 526 g/mol. The lowest BCUT2D eigenvalue weighted by atomic mass is 10.1.